The van der Waals surface area contributed by atoms with Crippen LogP contribution in [0.3, 0.4) is 0 Å². The van der Waals surface area contributed by atoms with Crippen molar-refractivity contribution in [2.75, 3.05) is 11.5 Å². The molecule has 1 aromatic heterocycles. The van der Waals surface area contributed by atoms with E-state index in [2.05, 4.69) is 21.7 Å². The van der Waals surface area contributed by atoms with Gasteiger partial charge in [0.15, 0.2) is 5.16 Å². The molecule has 5 nitrogen and oxygen atoms in total. The van der Waals surface area contributed by atoms with Crippen LogP contribution in [0.5, 0.6) is 0 Å². The summed E-state index contributed by atoms with van der Waals surface area (Å²) in [6, 6.07) is 0. The minimum absolute atomic E-state index is 0.0413. The third-order valence-corrected chi connectivity index (χ3v) is 5.06. The summed E-state index contributed by atoms with van der Waals surface area (Å²) in [7, 11) is 0. The Hall–Kier alpha value is -0.690. The maximum Gasteiger partial charge on any atom is 0.313 e. The topological polar surface area (TPSA) is 68.0 Å². The number of hydrogen-bond donors (Lipinski definition) is 1. The van der Waals surface area contributed by atoms with E-state index < -0.39 is 5.97 Å². The third kappa shape index (κ3) is 3.20. The summed E-state index contributed by atoms with van der Waals surface area (Å²) in [5.41, 5.74) is 0. The molecule has 1 unspecified atom stereocenters. The highest BCUT2D eigenvalue weighted by atomic mass is 32.2. The van der Waals surface area contributed by atoms with E-state index in [1.807, 2.05) is 11.8 Å². The van der Waals surface area contributed by atoms with Crippen LogP contribution in [0, 0.1) is 0 Å². The highest BCUT2D eigenvalue weighted by molar-refractivity contribution is 8.00. The molecule has 0 saturated carbocycles. The van der Waals surface area contributed by atoms with Crippen molar-refractivity contribution < 1.29 is 9.90 Å². The van der Waals surface area contributed by atoms with Crippen LogP contribution in [-0.2, 0) is 11.3 Å². The molecule has 2 heterocycles. The van der Waals surface area contributed by atoms with E-state index >= 15 is 0 Å². The van der Waals surface area contributed by atoms with Crippen LogP contribution in [0.4, 0.5) is 0 Å². The van der Waals surface area contributed by atoms with E-state index in [9.17, 15) is 4.79 Å². The van der Waals surface area contributed by atoms with E-state index in [0.717, 1.165) is 30.4 Å². The van der Waals surface area contributed by atoms with Gasteiger partial charge in [-0.1, -0.05) is 18.7 Å². The van der Waals surface area contributed by atoms with E-state index in [1.165, 1.54) is 23.9 Å². The number of carboxylic acid groups (broad SMARTS) is 1. The van der Waals surface area contributed by atoms with Crippen molar-refractivity contribution in [2.24, 2.45) is 0 Å². The summed E-state index contributed by atoms with van der Waals surface area (Å²) in [5, 5.41) is 18.3. The molecule has 0 spiro atoms. The fourth-order valence-corrected chi connectivity index (χ4v) is 3.95. The second-order valence-electron chi connectivity index (χ2n) is 4.18. The van der Waals surface area contributed by atoms with Crippen LogP contribution in [0.15, 0.2) is 5.16 Å². The van der Waals surface area contributed by atoms with Crippen molar-refractivity contribution in [1.29, 1.82) is 0 Å². The lowest BCUT2D eigenvalue weighted by Crippen LogP contribution is -2.08. The largest absolute Gasteiger partial charge is 0.481 e. The summed E-state index contributed by atoms with van der Waals surface area (Å²) in [4.78, 5) is 10.6. The van der Waals surface area contributed by atoms with Crippen LogP contribution in [0.25, 0.3) is 0 Å². The summed E-state index contributed by atoms with van der Waals surface area (Å²) in [6.45, 7) is 2.97. The van der Waals surface area contributed by atoms with Crippen LogP contribution in [-0.4, -0.2) is 37.3 Å². The van der Waals surface area contributed by atoms with Crippen molar-refractivity contribution in [2.45, 2.75) is 43.1 Å². The molecule has 2 rings (SSSR count). The number of hydrogen-bond acceptors (Lipinski definition) is 5. The monoisotopic (exact) mass is 287 g/mol. The average molecular weight is 287 g/mol. The molecule has 0 aromatic carbocycles. The van der Waals surface area contributed by atoms with Gasteiger partial charge in [-0.15, -0.1) is 10.2 Å². The van der Waals surface area contributed by atoms with Gasteiger partial charge in [0.1, 0.15) is 5.82 Å². The lowest BCUT2D eigenvalue weighted by atomic mass is 10.2. The van der Waals surface area contributed by atoms with Gasteiger partial charge in [-0.05, 0) is 25.0 Å². The number of aliphatic carboxylic acids is 1. The highest BCUT2D eigenvalue weighted by Crippen LogP contribution is 2.39. The van der Waals surface area contributed by atoms with Gasteiger partial charge in [-0.3, -0.25) is 4.79 Å². The number of nitrogens with zero attached hydrogens (tertiary/aromatic N) is 3. The first kappa shape index (κ1) is 13.7. The maximum absolute atomic E-state index is 10.6. The Morgan fingerprint density at radius 1 is 1.61 bits per heavy atom. The molecular formula is C11H17N3O2S2. The van der Waals surface area contributed by atoms with E-state index in [1.54, 1.807) is 0 Å². The predicted molar refractivity (Wildman–Crippen MR) is 73.1 cm³/mol. The lowest BCUT2D eigenvalue weighted by Gasteiger charge is -2.11. The molecule has 0 radical (unpaired) electrons. The Morgan fingerprint density at radius 2 is 2.44 bits per heavy atom. The highest BCUT2D eigenvalue weighted by Gasteiger charge is 2.25. The van der Waals surface area contributed by atoms with Crippen molar-refractivity contribution >= 4 is 29.5 Å². The Kier molecular flexibility index (Phi) is 4.94. The molecule has 1 atom stereocenters. The average Bonchev–Trinajstić information content (AvgIpc) is 2.95. The molecule has 0 aliphatic carbocycles. The molecule has 18 heavy (non-hydrogen) atoms. The van der Waals surface area contributed by atoms with Gasteiger partial charge in [0.2, 0.25) is 0 Å². The van der Waals surface area contributed by atoms with Crippen LogP contribution >= 0.6 is 23.5 Å². The molecule has 100 valence electrons. The van der Waals surface area contributed by atoms with E-state index in [4.69, 9.17) is 5.11 Å². The van der Waals surface area contributed by atoms with Gasteiger partial charge in [-0.2, -0.15) is 11.8 Å². The minimum atomic E-state index is -0.817. The summed E-state index contributed by atoms with van der Waals surface area (Å²) in [6.07, 6.45) is 3.38. The molecule has 1 aliphatic rings. The number of carboxylic acids is 1. The fraction of sp³-hybridized carbons (Fsp3) is 0.727. The first-order chi connectivity index (χ1) is 8.72. The zero-order valence-corrected chi connectivity index (χ0v) is 12.0. The Morgan fingerprint density at radius 3 is 3.06 bits per heavy atom. The molecule has 0 bridgehead atoms. The molecular weight excluding hydrogens is 270 g/mol. The van der Waals surface area contributed by atoms with E-state index in [0.29, 0.717) is 5.25 Å². The quantitative estimate of drug-likeness (QED) is 0.811. The summed E-state index contributed by atoms with van der Waals surface area (Å²) in [5.74, 6) is 1.43. The normalized spacial score (nSPS) is 19.3. The standard InChI is InChI=1S/C11H17N3O2S2/c1-2-5-14-10(8-4-3-6-17-8)12-13-11(14)18-7-9(15)16/h8H,2-7H2,1H3,(H,15,16). The van der Waals surface area contributed by atoms with Gasteiger partial charge in [0.25, 0.3) is 0 Å². The Bertz CT molecular complexity index is 416. The lowest BCUT2D eigenvalue weighted by molar-refractivity contribution is -0.133. The van der Waals surface area contributed by atoms with Crippen LogP contribution < -0.4 is 0 Å². The summed E-state index contributed by atoms with van der Waals surface area (Å²) >= 11 is 3.18. The van der Waals surface area contributed by atoms with Crippen LogP contribution in [0.2, 0.25) is 0 Å². The molecule has 0 amide bonds. The minimum Gasteiger partial charge on any atom is -0.481 e. The first-order valence-corrected chi connectivity index (χ1v) is 8.15. The first-order valence-electron chi connectivity index (χ1n) is 6.11. The summed E-state index contributed by atoms with van der Waals surface area (Å²) < 4.78 is 2.09. The molecule has 1 aromatic rings. The number of thioether (sulfide) groups is 2. The van der Waals surface area contributed by atoms with Crippen molar-refractivity contribution in [3.63, 3.8) is 0 Å². The Balaban J connectivity index is 2.16. The fourth-order valence-electron chi connectivity index (χ4n) is 1.99. The van der Waals surface area contributed by atoms with Gasteiger partial charge < -0.3 is 9.67 Å². The van der Waals surface area contributed by atoms with Crippen molar-refractivity contribution in [3.05, 3.63) is 5.82 Å². The maximum atomic E-state index is 10.6. The van der Waals surface area contributed by atoms with Gasteiger partial charge in [-0.25, -0.2) is 0 Å². The Labute approximate surface area is 115 Å². The molecule has 1 saturated heterocycles. The second-order valence-corrected chi connectivity index (χ2v) is 6.43. The SMILES string of the molecule is CCCn1c(SCC(=O)O)nnc1C1CCCS1. The molecule has 1 aliphatic heterocycles. The second kappa shape index (κ2) is 6.47. The molecule has 1 fully saturated rings. The number of aromatic nitrogens is 3. The third-order valence-electron chi connectivity index (χ3n) is 2.74. The van der Waals surface area contributed by atoms with Crippen molar-refractivity contribution in [1.82, 2.24) is 14.8 Å². The smallest absolute Gasteiger partial charge is 0.313 e. The van der Waals surface area contributed by atoms with E-state index in [-0.39, 0.29) is 5.75 Å². The molecule has 7 heteroatoms. The zero-order valence-electron chi connectivity index (χ0n) is 10.3. The number of rotatable bonds is 6. The van der Waals surface area contributed by atoms with Gasteiger partial charge in [0.05, 0.1) is 11.0 Å². The van der Waals surface area contributed by atoms with Gasteiger partial charge in [0, 0.05) is 6.54 Å². The van der Waals surface area contributed by atoms with Gasteiger partial charge >= 0.3 is 5.97 Å². The number of carbonyl (C=O) groups is 1. The zero-order chi connectivity index (χ0) is 13.0. The molecule has 1 N–H and O–H groups in total. The predicted octanol–water partition coefficient (Wildman–Crippen LogP) is 2.43. The van der Waals surface area contributed by atoms with Crippen molar-refractivity contribution in [3.8, 4) is 0 Å². The van der Waals surface area contributed by atoms with Crippen LogP contribution in [0.1, 0.15) is 37.3 Å².